The molecule has 162 valence electrons. The topological polar surface area (TPSA) is 71.6 Å². The van der Waals surface area contributed by atoms with E-state index in [4.69, 9.17) is 0 Å². The second kappa shape index (κ2) is 8.10. The summed E-state index contributed by atoms with van der Waals surface area (Å²) < 4.78 is 0. The van der Waals surface area contributed by atoms with E-state index in [-0.39, 0.29) is 18.0 Å². The molecule has 2 aliphatic carbocycles. The summed E-state index contributed by atoms with van der Waals surface area (Å²) in [5.74, 6) is -0.0614. The molecule has 0 saturated carbocycles. The Bertz CT molecular complexity index is 1440. The van der Waals surface area contributed by atoms with Gasteiger partial charge in [0.1, 0.15) is 6.04 Å². The summed E-state index contributed by atoms with van der Waals surface area (Å²) in [6.07, 6.45) is 11.2. The van der Waals surface area contributed by atoms with Crippen LogP contribution in [0.3, 0.4) is 0 Å². The normalized spacial score (nSPS) is 24.6. The highest BCUT2D eigenvalue weighted by Gasteiger charge is 2.43. The van der Waals surface area contributed by atoms with Crippen LogP contribution in [0.2, 0.25) is 0 Å². The molecule has 2 N–H and O–H groups in total. The van der Waals surface area contributed by atoms with Crippen molar-refractivity contribution >= 4 is 11.1 Å². The van der Waals surface area contributed by atoms with E-state index in [0.29, 0.717) is 11.1 Å². The lowest BCUT2D eigenvalue weighted by Gasteiger charge is -2.44. The summed E-state index contributed by atoms with van der Waals surface area (Å²) in [5, 5.41) is 28.0. The Morgan fingerprint density at radius 3 is 2.12 bits per heavy atom. The predicted molar refractivity (Wildman–Crippen MR) is 133 cm³/mol. The van der Waals surface area contributed by atoms with Gasteiger partial charge in [0.2, 0.25) is 0 Å². The van der Waals surface area contributed by atoms with Crippen LogP contribution in [0, 0.1) is 28.6 Å². The molecule has 4 aliphatic rings. The predicted octanol–water partition coefficient (Wildman–Crippen LogP) is 5.17. The number of nitrogens with one attached hydrogen (secondary N) is 2. The molecule has 0 amide bonds. The van der Waals surface area contributed by atoms with Crippen molar-refractivity contribution in [1.29, 1.82) is 10.5 Å². The first kappa shape index (κ1) is 20.1. The van der Waals surface area contributed by atoms with Gasteiger partial charge in [-0.15, -0.1) is 0 Å². The van der Waals surface area contributed by atoms with Gasteiger partial charge in [0, 0.05) is 17.2 Å². The summed E-state index contributed by atoms with van der Waals surface area (Å²) in [5.41, 5.74) is 8.56. The molecule has 0 spiro atoms. The van der Waals surface area contributed by atoms with Gasteiger partial charge in [0.15, 0.2) is 0 Å². The standard InChI is InChI=1S/C30H22N4/c31-17-25-23-15-7-13-21(19-9-3-1-4-10-19)27(23)33-29-26(18-32)24-16-8-14-22(28(24)34-30(25)29)20-11-5-2-6-12-20/h1-15,24,27,30,33-34H,16H2. The molecule has 0 bridgehead atoms. The summed E-state index contributed by atoms with van der Waals surface area (Å²) in [7, 11) is 0. The van der Waals surface area contributed by atoms with Crippen LogP contribution in [0.5, 0.6) is 0 Å². The zero-order valence-electron chi connectivity index (χ0n) is 18.5. The van der Waals surface area contributed by atoms with Gasteiger partial charge in [-0.2, -0.15) is 10.5 Å². The summed E-state index contributed by atoms with van der Waals surface area (Å²) in [6, 6.07) is 24.9. The quantitative estimate of drug-likeness (QED) is 0.679. The van der Waals surface area contributed by atoms with Crippen molar-refractivity contribution in [2.45, 2.75) is 18.5 Å². The lowest BCUT2D eigenvalue weighted by atomic mass is 9.74. The van der Waals surface area contributed by atoms with Crippen LogP contribution in [0.15, 0.2) is 119 Å². The van der Waals surface area contributed by atoms with E-state index in [1.54, 1.807) is 0 Å². The fourth-order valence-corrected chi connectivity index (χ4v) is 5.47. The average Bonchev–Trinajstić information content (AvgIpc) is 2.91. The van der Waals surface area contributed by atoms with E-state index in [9.17, 15) is 10.5 Å². The van der Waals surface area contributed by atoms with Crippen molar-refractivity contribution < 1.29 is 0 Å². The van der Waals surface area contributed by atoms with E-state index >= 15 is 0 Å². The van der Waals surface area contributed by atoms with Crippen LogP contribution >= 0.6 is 0 Å². The summed E-state index contributed by atoms with van der Waals surface area (Å²) >= 11 is 0. The highest BCUT2D eigenvalue weighted by molar-refractivity contribution is 5.82. The summed E-state index contributed by atoms with van der Waals surface area (Å²) in [6.45, 7) is 0. The SMILES string of the molecule is N#CC1=C2NC3C(c4ccccc4)=CC=CC3=C(C#N)C2NC2=C(c3ccccc3)C=CCC12. The van der Waals surface area contributed by atoms with Crippen molar-refractivity contribution in [2.24, 2.45) is 5.92 Å². The first-order valence-corrected chi connectivity index (χ1v) is 11.5. The van der Waals surface area contributed by atoms with Gasteiger partial charge >= 0.3 is 0 Å². The second-order valence-corrected chi connectivity index (χ2v) is 8.81. The third kappa shape index (κ3) is 3.04. The monoisotopic (exact) mass is 438 g/mol. The van der Waals surface area contributed by atoms with Crippen molar-refractivity contribution in [2.75, 3.05) is 0 Å². The maximum Gasteiger partial charge on any atom is 0.103 e. The summed E-state index contributed by atoms with van der Waals surface area (Å²) in [4.78, 5) is 0. The minimum absolute atomic E-state index is 0.0614. The van der Waals surface area contributed by atoms with Crippen molar-refractivity contribution in [3.05, 3.63) is 130 Å². The molecule has 4 nitrogen and oxygen atoms in total. The number of benzene rings is 2. The largest absolute Gasteiger partial charge is 0.375 e. The Morgan fingerprint density at radius 2 is 1.41 bits per heavy atom. The second-order valence-electron chi connectivity index (χ2n) is 8.81. The minimum Gasteiger partial charge on any atom is -0.375 e. The first-order valence-electron chi connectivity index (χ1n) is 11.5. The van der Waals surface area contributed by atoms with Gasteiger partial charge in [0.05, 0.1) is 35.0 Å². The van der Waals surface area contributed by atoms with Gasteiger partial charge in [-0.1, -0.05) is 91.0 Å². The average molecular weight is 439 g/mol. The van der Waals surface area contributed by atoms with Crippen molar-refractivity contribution in [1.82, 2.24) is 10.6 Å². The number of nitrogens with zero attached hydrogens (tertiary/aromatic N) is 2. The molecule has 0 aromatic heterocycles. The lowest BCUT2D eigenvalue weighted by molar-refractivity contribution is 0.511. The molecular weight excluding hydrogens is 416 g/mol. The molecule has 34 heavy (non-hydrogen) atoms. The minimum atomic E-state index is -0.373. The molecule has 6 rings (SSSR count). The zero-order valence-corrected chi connectivity index (χ0v) is 18.5. The number of nitriles is 2. The van der Waals surface area contributed by atoms with E-state index in [1.807, 2.05) is 48.6 Å². The number of rotatable bonds is 2. The molecule has 0 saturated heterocycles. The maximum atomic E-state index is 10.3. The fraction of sp³-hybridized carbons (Fsp3) is 0.133. The van der Waals surface area contributed by atoms with E-state index in [0.717, 1.165) is 45.7 Å². The van der Waals surface area contributed by atoms with Crippen LogP contribution in [-0.2, 0) is 0 Å². The van der Waals surface area contributed by atoms with Gasteiger partial charge in [-0.05, 0) is 28.7 Å². The Hall–Kier alpha value is -4.54. The van der Waals surface area contributed by atoms with Gasteiger partial charge < -0.3 is 10.6 Å². The maximum absolute atomic E-state index is 10.3. The van der Waals surface area contributed by atoms with E-state index < -0.39 is 0 Å². The number of hydrogen-bond donors (Lipinski definition) is 2. The Morgan fingerprint density at radius 1 is 0.735 bits per heavy atom. The van der Waals surface area contributed by atoms with Crippen LogP contribution in [-0.4, -0.2) is 12.1 Å². The number of allylic oxidation sites excluding steroid dienone is 6. The van der Waals surface area contributed by atoms with E-state index in [2.05, 4.69) is 65.3 Å². The fourth-order valence-electron chi connectivity index (χ4n) is 5.47. The molecule has 2 aromatic rings. The zero-order chi connectivity index (χ0) is 23.1. The van der Waals surface area contributed by atoms with Gasteiger partial charge in [0.25, 0.3) is 0 Å². The van der Waals surface area contributed by atoms with Gasteiger partial charge in [-0.3, -0.25) is 0 Å². The highest BCUT2D eigenvalue weighted by atomic mass is 15.1. The highest BCUT2D eigenvalue weighted by Crippen LogP contribution is 2.43. The van der Waals surface area contributed by atoms with E-state index in [1.165, 1.54) is 0 Å². The number of hydrogen-bond acceptors (Lipinski definition) is 4. The van der Waals surface area contributed by atoms with Crippen molar-refractivity contribution in [3.63, 3.8) is 0 Å². The smallest absolute Gasteiger partial charge is 0.103 e. The molecule has 4 heteroatoms. The number of fused-ring (bicyclic) bond motifs is 3. The molecule has 2 aromatic carbocycles. The molecule has 3 unspecified atom stereocenters. The van der Waals surface area contributed by atoms with Crippen LogP contribution < -0.4 is 10.6 Å². The Balaban J connectivity index is 1.52. The van der Waals surface area contributed by atoms with Crippen LogP contribution in [0.4, 0.5) is 0 Å². The van der Waals surface area contributed by atoms with Crippen molar-refractivity contribution in [3.8, 4) is 12.1 Å². The molecule has 2 heterocycles. The lowest BCUT2D eigenvalue weighted by Crippen LogP contribution is -2.52. The first-order chi connectivity index (χ1) is 16.8. The Kier molecular flexibility index (Phi) is 4.79. The molecule has 0 fully saturated rings. The molecule has 2 aliphatic heterocycles. The van der Waals surface area contributed by atoms with Crippen LogP contribution in [0.1, 0.15) is 17.5 Å². The Labute approximate surface area is 199 Å². The van der Waals surface area contributed by atoms with Crippen LogP contribution in [0.25, 0.3) is 11.1 Å². The molecule has 3 atom stereocenters. The third-order valence-corrected chi connectivity index (χ3v) is 7.03. The molecule has 0 radical (unpaired) electrons. The van der Waals surface area contributed by atoms with Gasteiger partial charge in [-0.25, -0.2) is 0 Å². The molecular formula is C30H22N4. The third-order valence-electron chi connectivity index (χ3n) is 7.03.